The van der Waals surface area contributed by atoms with Gasteiger partial charge in [-0.3, -0.25) is 4.79 Å². The molecule has 0 aromatic heterocycles. The molecule has 128 valence electrons. The van der Waals surface area contributed by atoms with E-state index in [-0.39, 0.29) is 41.3 Å². The second-order valence-corrected chi connectivity index (χ2v) is 5.71. The molecular weight excluding hydrogens is 312 g/mol. The van der Waals surface area contributed by atoms with Crippen molar-refractivity contribution in [3.05, 3.63) is 41.5 Å². The molecule has 1 aliphatic heterocycles. The maximum absolute atomic E-state index is 12.3. The molecule has 2 atom stereocenters. The third-order valence-corrected chi connectivity index (χ3v) is 3.61. The van der Waals surface area contributed by atoms with Crippen LogP contribution in [0.3, 0.4) is 0 Å². The first-order chi connectivity index (χ1) is 11.4. The third kappa shape index (κ3) is 4.45. The topological polar surface area (TPSA) is 104 Å². The third-order valence-electron chi connectivity index (χ3n) is 3.61. The van der Waals surface area contributed by atoms with Crippen molar-refractivity contribution in [2.24, 2.45) is 0 Å². The monoisotopic (exact) mass is 332 g/mol. The molecule has 0 saturated carbocycles. The average Bonchev–Trinajstić information content (AvgIpc) is 2.49. The van der Waals surface area contributed by atoms with Gasteiger partial charge in [0, 0.05) is 18.4 Å². The number of aliphatic hydroxyl groups is 1. The highest BCUT2D eigenvalue weighted by atomic mass is 16.5. The number of allylic oxidation sites excluding steroid dienone is 1. The fourth-order valence-electron chi connectivity index (χ4n) is 2.39. The van der Waals surface area contributed by atoms with E-state index in [2.05, 4.69) is 0 Å². The number of benzene rings is 1. The number of esters is 1. The molecule has 3 N–H and O–H groups in total. The molecule has 0 unspecified atom stereocenters. The quantitative estimate of drug-likeness (QED) is 0.497. The minimum Gasteiger partial charge on any atom is -0.507 e. The zero-order valence-electron chi connectivity index (χ0n) is 13.3. The lowest BCUT2D eigenvalue weighted by atomic mass is 10.0. The molecular formula is C18H20O6. The minimum atomic E-state index is -0.867. The van der Waals surface area contributed by atoms with Crippen LogP contribution in [0.15, 0.2) is 30.4 Å². The zero-order chi connectivity index (χ0) is 17.7. The highest BCUT2D eigenvalue weighted by molar-refractivity contribution is 5.97. The summed E-state index contributed by atoms with van der Waals surface area (Å²) in [6.45, 7) is 1.66. The molecule has 6 nitrogen and oxygen atoms in total. The number of aromatic hydroxyl groups is 2. The molecule has 0 amide bonds. The van der Waals surface area contributed by atoms with E-state index in [9.17, 15) is 24.9 Å². The van der Waals surface area contributed by atoms with Gasteiger partial charge in [-0.25, -0.2) is 4.79 Å². The van der Waals surface area contributed by atoms with Gasteiger partial charge >= 0.3 is 5.97 Å². The van der Waals surface area contributed by atoms with E-state index < -0.39 is 18.2 Å². The number of cyclic esters (lactones) is 1. The molecule has 0 saturated heterocycles. The molecule has 1 aromatic carbocycles. The van der Waals surface area contributed by atoms with Crippen LogP contribution in [-0.4, -0.2) is 39.3 Å². The summed E-state index contributed by atoms with van der Waals surface area (Å²) in [5, 5.41) is 29.8. The number of carbonyl (C=O) groups is 2. The summed E-state index contributed by atoms with van der Waals surface area (Å²) >= 11 is 0. The second kappa shape index (κ2) is 7.79. The Labute approximate surface area is 139 Å². The Kier molecular flexibility index (Phi) is 5.76. The first-order valence-corrected chi connectivity index (χ1v) is 7.68. The molecule has 0 spiro atoms. The lowest BCUT2D eigenvalue weighted by molar-refractivity contribution is -0.116. The molecule has 1 aromatic rings. The fourth-order valence-corrected chi connectivity index (χ4v) is 2.39. The SMILES string of the molecule is C[C@H]1C/C=C\C(=O)C[C@@H](O)C/C=C/c2c(O)ccc(O)c2C(=O)O1. The molecule has 0 radical (unpaired) electrons. The van der Waals surface area contributed by atoms with E-state index in [0.29, 0.717) is 6.42 Å². The lowest BCUT2D eigenvalue weighted by Crippen LogP contribution is -2.16. The van der Waals surface area contributed by atoms with Crippen molar-refractivity contribution in [2.75, 3.05) is 0 Å². The fraction of sp³-hybridized carbons (Fsp3) is 0.333. The van der Waals surface area contributed by atoms with E-state index in [1.165, 1.54) is 30.4 Å². The molecule has 1 heterocycles. The first-order valence-electron chi connectivity index (χ1n) is 7.68. The standard InChI is InChI=1S/C18H20O6/c1-11-4-2-5-12(19)10-13(20)6-3-7-14-15(21)8-9-16(22)17(14)18(23)24-11/h2-3,5,7-9,11,13,20-22H,4,6,10H2,1H3/b5-2-,7-3+/t11-,13-/m0/s1. The Bertz CT molecular complexity index is 689. The van der Waals surface area contributed by atoms with Gasteiger partial charge < -0.3 is 20.1 Å². The Balaban J connectivity index is 2.42. The predicted molar refractivity (Wildman–Crippen MR) is 87.7 cm³/mol. The number of hydrogen-bond donors (Lipinski definition) is 3. The van der Waals surface area contributed by atoms with Crippen LogP contribution < -0.4 is 0 Å². The Morgan fingerprint density at radius 3 is 2.46 bits per heavy atom. The van der Waals surface area contributed by atoms with Crippen LogP contribution in [0.1, 0.15) is 42.1 Å². The van der Waals surface area contributed by atoms with Crippen LogP contribution in [0.25, 0.3) is 6.08 Å². The van der Waals surface area contributed by atoms with Gasteiger partial charge in [-0.2, -0.15) is 0 Å². The number of fused-ring (bicyclic) bond motifs is 1. The maximum atomic E-state index is 12.3. The van der Waals surface area contributed by atoms with E-state index in [1.807, 2.05) is 0 Å². The summed E-state index contributed by atoms with van der Waals surface area (Å²) in [6, 6.07) is 2.48. The predicted octanol–water partition coefficient (Wildman–Crippen LogP) is 2.33. The van der Waals surface area contributed by atoms with Crippen molar-refractivity contribution in [3.8, 4) is 11.5 Å². The van der Waals surface area contributed by atoms with Gasteiger partial charge in [0.15, 0.2) is 5.78 Å². The van der Waals surface area contributed by atoms with Crippen molar-refractivity contribution in [1.82, 2.24) is 0 Å². The summed E-state index contributed by atoms with van der Waals surface area (Å²) in [7, 11) is 0. The molecule has 0 fully saturated rings. The number of aliphatic hydroxyl groups excluding tert-OH is 1. The van der Waals surface area contributed by atoms with E-state index in [0.717, 1.165) is 0 Å². The van der Waals surface area contributed by atoms with Crippen LogP contribution in [-0.2, 0) is 9.53 Å². The first kappa shape index (κ1) is 17.7. The summed E-state index contributed by atoms with van der Waals surface area (Å²) in [5.74, 6) is -1.48. The van der Waals surface area contributed by atoms with Crippen LogP contribution in [0.2, 0.25) is 0 Å². The number of ketones is 1. The lowest BCUT2D eigenvalue weighted by Gasteiger charge is -2.15. The van der Waals surface area contributed by atoms with Gasteiger partial charge in [0.2, 0.25) is 0 Å². The van der Waals surface area contributed by atoms with Gasteiger partial charge in [-0.1, -0.05) is 18.2 Å². The summed E-state index contributed by atoms with van der Waals surface area (Å²) in [6.07, 6.45) is 4.97. The highest BCUT2D eigenvalue weighted by Gasteiger charge is 2.21. The Morgan fingerprint density at radius 1 is 1.04 bits per heavy atom. The second-order valence-electron chi connectivity index (χ2n) is 5.71. The van der Waals surface area contributed by atoms with Gasteiger partial charge in [-0.15, -0.1) is 0 Å². The Hall–Kier alpha value is -2.60. The van der Waals surface area contributed by atoms with Crippen LogP contribution >= 0.6 is 0 Å². The van der Waals surface area contributed by atoms with Crippen LogP contribution in [0.4, 0.5) is 0 Å². The zero-order valence-corrected chi connectivity index (χ0v) is 13.3. The van der Waals surface area contributed by atoms with Gasteiger partial charge in [0.1, 0.15) is 23.2 Å². The number of phenols is 2. The number of phenolic OH excluding ortho intramolecular Hbond substituents is 2. The van der Waals surface area contributed by atoms with E-state index >= 15 is 0 Å². The number of hydrogen-bond acceptors (Lipinski definition) is 6. The van der Waals surface area contributed by atoms with Gasteiger partial charge in [0.25, 0.3) is 0 Å². The Morgan fingerprint density at radius 2 is 1.71 bits per heavy atom. The molecule has 6 heteroatoms. The van der Waals surface area contributed by atoms with Crippen molar-refractivity contribution in [1.29, 1.82) is 0 Å². The number of rotatable bonds is 0. The van der Waals surface area contributed by atoms with E-state index in [1.54, 1.807) is 13.0 Å². The maximum Gasteiger partial charge on any atom is 0.342 e. The molecule has 0 aliphatic carbocycles. The minimum absolute atomic E-state index is 0.0200. The highest BCUT2D eigenvalue weighted by Crippen LogP contribution is 2.31. The average molecular weight is 332 g/mol. The number of carbonyl (C=O) groups excluding carboxylic acids is 2. The summed E-state index contributed by atoms with van der Waals surface area (Å²) < 4.78 is 5.26. The van der Waals surface area contributed by atoms with Crippen molar-refractivity contribution in [3.63, 3.8) is 0 Å². The van der Waals surface area contributed by atoms with E-state index in [4.69, 9.17) is 4.74 Å². The summed E-state index contributed by atoms with van der Waals surface area (Å²) in [5.41, 5.74) is -0.0250. The normalized spacial score (nSPS) is 25.2. The number of ether oxygens (including phenoxy) is 1. The molecule has 24 heavy (non-hydrogen) atoms. The van der Waals surface area contributed by atoms with Crippen LogP contribution in [0.5, 0.6) is 11.5 Å². The van der Waals surface area contributed by atoms with Crippen LogP contribution in [0, 0.1) is 0 Å². The molecule has 2 rings (SSSR count). The van der Waals surface area contributed by atoms with Crippen molar-refractivity contribution < 1.29 is 29.6 Å². The molecule has 1 aliphatic rings. The van der Waals surface area contributed by atoms with Gasteiger partial charge in [0.05, 0.1) is 6.10 Å². The van der Waals surface area contributed by atoms with Crippen molar-refractivity contribution in [2.45, 2.75) is 38.4 Å². The van der Waals surface area contributed by atoms with Gasteiger partial charge in [-0.05, 0) is 31.6 Å². The smallest absolute Gasteiger partial charge is 0.342 e. The molecule has 0 bridgehead atoms. The summed E-state index contributed by atoms with van der Waals surface area (Å²) in [4.78, 5) is 24.0. The van der Waals surface area contributed by atoms with Crippen molar-refractivity contribution >= 4 is 17.8 Å². The largest absolute Gasteiger partial charge is 0.507 e.